The molecule has 2 aromatic rings. The Balaban J connectivity index is 2.58. The van der Waals surface area contributed by atoms with Gasteiger partial charge in [-0.3, -0.25) is 4.79 Å². The molecule has 0 saturated carbocycles. The number of ether oxygens (including phenoxy) is 1. The molecular formula is C16H16N2O3. The summed E-state index contributed by atoms with van der Waals surface area (Å²) in [5, 5.41) is 9.45. The molecule has 0 radical (unpaired) electrons. The molecule has 0 aliphatic carbocycles. The van der Waals surface area contributed by atoms with Crippen LogP contribution < -0.4 is 0 Å². The summed E-state index contributed by atoms with van der Waals surface area (Å²) in [7, 11) is 0. The smallest absolute Gasteiger partial charge is 0.419 e. The normalized spacial score (nSPS) is 11.1. The van der Waals surface area contributed by atoms with Gasteiger partial charge in [0.2, 0.25) is 0 Å². The summed E-state index contributed by atoms with van der Waals surface area (Å²) >= 11 is 0. The van der Waals surface area contributed by atoms with E-state index in [4.69, 9.17) is 10.00 Å². The largest absolute Gasteiger partial charge is 0.443 e. The number of aromatic nitrogens is 1. The molecule has 1 aromatic carbocycles. The van der Waals surface area contributed by atoms with Crippen molar-refractivity contribution in [2.75, 3.05) is 0 Å². The molecule has 21 heavy (non-hydrogen) atoms. The quantitative estimate of drug-likeness (QED) is 0.791. The van der Waals surface area contributed by atoms with Crippen LogP contribution in [0.25, 0.3) is 10.9 Å². The molecule has 0 aliphatic heterocycles. The molecule has 0 fully saturated rings. The highest BCUT2D eigenvalue weighted by Crippen LogP contribution is 2.22. The van der Waals surface area contributed by atoms with E-state index in [2.05, 4.69) is 0 Å². The van der Waals surface area contributed by atoms with Crippen LogP contribution in [0.2, 0.25) is 0 Å². The molecule has 0 unspecified atom stereocenters. The third-order valence-electron chi connectivity index (χ3n) is 2.81. The number of hydrogen-bond acceptors (Lipinski definition) is 4. The summed E-state index contributed by atoms with van der Waals surface area (Å²) in [6, 6.07) is 10.6. The fraction of sp³-hybridized carbons (Fsp3) is 0.312. The van der Waals surface area contributed by atoms with Crippen LogP contribution in [0, 0.1) is 11.3 Å². The van der Waals surface area contributed by atoms with Gasteiger partial charge in [0.25, 0.3) is 0 Å². The number of carbonyl (C=O) groups excluding carboxylic acids is 2. The van der Waals surface area contributed by atoms with E-state index < -0.39 is 17.5 Å². The first-order valence-corrected chi connectivity index (χ1v) is 6.57. The van der Waals surface area contributed by atoms with Crippen LogP contribution in [-0.4, -0.2) is 22.0 Å². The van der Waals surface area contributed by atoms with Crippen molar-refractivity contribution in [3.63, 3.8) is 0 Å². The molecule has 0 bridgehead atoms. The van der Waals surface area contributed by atoms with E-state index in [-0.39, 0.29) is 12.1 Å². The van der Waals surface area contributed by atoms with E-state index in [1.54, 1.807) is 45.0 Å². The zero-order chi connectivity index (χ0) is 15.6. The minimum atomic E-state index is -0.669. The van der Waals surface area contributed by atoms with E-state index in [1.807, 2.05) is 12.1 Å². The maximum Gasteiger partial charge on any atom is 0.419 e. The molecule has 0 spiro atoms. The predicted molar refractivity (Wildman–Crippen MR) is 78.1 cm³/mol. The molecule has 0 atom stereocenters. The van der Waals surface area contributed by atoms with E-state index >= 15 is 0 Å². The molecule has 0 amide bonds. The maximum absolute atomic E-state index is 12.4. The molecule has 2 rings (SSSR count). The second-order valence-electron chi connectivity index (χ2n) is 5.66. The number of fused-ring (bicyclic) bond motifs is 1. The SMILES string of the molecule is CC(C)(C)OC(=O)n1c(C(=O)CC#N)cc2ccccc21. The third-order valence-corrected chi connectivity index (χ3v) is 2.81. The molecule has 5 nitrogen and oxygen atoms in total. The van der Waals surface area contributed by atoms with Crippen LogP contribution in [0.5, 0.6) is 0 Å². The standard InChI is InChI=1S/C16H16N2O3/c1-16(2,3)21-15(20)18-12-7-5-4-6-11(12)10-13(18)14(19)8-9-17/h4-7,10H,8H2,1-3H3. The summed E-state index contributed by atoms with van der Waals surface area (Å²) in [6.45, 7) is 5.27. The van der Waals surface area contributed by atoms with Gasteiger partial charge in [0.1, 0.15) is 12.0 Å². The first-order valence-electron chi connectivity index (χ1n) is 6.57. The Bertz CT molecular complexity index is 745. The van der Waals surface area contributed by atoms with Crippen molar-refractivity contribution in [1.82, 2.24) is 4.57 Å². The Hall–Kier alpha value is -2.61. The van der Waals surface area contributed by atoms with Crippen molar-refractivity contribution < 1.29 is 14.3 Å². The Morgan fingerprint density at radius 2 is 1.95 bits per heavy atom. The van der Waals surface area contributed by atoms with Crippen LogP contribution in [0.4, 0.5) is 4.79 Å². The third kappa shape index (κ3) is 3.11. The van der Waals surface area contributed by atoms with Crippen LogP contribution in [-0.2, 0) is 4.74 Å². The average molecular weight is 284 g/mol. The van der Waals surface area contributed by atoms with Gasteiger partial charge in [-0.05, 0) is 32.9 Å². The van der Waals surface area contributed by atoms with E-state index in [9.17, 15) is 9.59 Å². The Morgan fingerprint density at radius 3 is 2.57 bits per heavy atom. The Morgan fingerprint density at radius 1 is 1.29 bits per heavy atom. The predicted octanol–water partition coefficient (Wildman–Crippen LogP) is 3.52. The van der Waals surface area contributed by atoms with E-state index in [0.29, 0.717) is 5.52 Å². The Kier molecular flexibility index (Phi) is 3.81. The van der Waals surface area contributed by atoms with Crippen LogP contribution in [0.1, 0.15) is 37.7 Å². The van der Waals surface area contributed by atoms with Gasteiger partial charge in [0.15, 0.2) is 5.78 Å². The zero-order valence-electron chi connectivity index (χ0n) is 12.2. The van der Waals surface area contributed by atoms with E-state index in [1.165, 1.54) is 4.57 Å². The number of Topliss-reactive ketones (excluding diaryl/α,β-unsaturated/α-hetero) is 1. The van der Waals surface area contributed by atoms with Gasteiger partial charge in [-0.25, -0.2) is 9.36 Å². The second kappa shape index (κ2) is 5.41. The lowest BCUT2D eigenvalue weighted by Crippen LogP contribution is -2.28. The monoisotopic (exact) mass is 284 g/mol. The lowest BCUT2D eigenvalue weighted by molar-refractivity contribution is 0.0535. The van der Waals surface area contributed by atoms with Crippen molar-refractivity contribution in [2.24, 2.45) is 0 Å². The number of nitrogens with zero attached hydrogens (tertiary/aromatic N) is 2. The summed E-state index contributed by atoms with van der Waals surface area (Å²) in [6.07, 6.45) is -0.899. The minimum Gasteiger partial charge on any atom is -0.443 e. The molecule has 0 aliphatic rings. The average Bonchev–Trinajstić information content (AvgIpc) is 2.76. The second-order valence-corrected chi connectivity index (χ2v) is 5.66. The van der Waals surface area contributed by atoms with Crippen molar-refractivity contribution >= 4 is 22.8 Å². The first-order chi connectivity index (χ1) is 9.83. The number of benzene rings is 1. The lowest BCUT2D eigenvalue weighted by atomic mass is 10.2. The van der Waals surface area contributed by atoms with Gasteiger partial charge in [-0.15, -0.1) is 0 Å². The lowest BCUT2D eigenvalue weighted by Gasteiger charge is -2.20. The van der Waals surface area contributed by atoms with Crippen LogP contribution in [0.15, 0.2) is 30.3 Å². The number of rotatable bonds is 2. The first kappa shape index (κ1) is 14.8. The molecule has 0 saturated heterocycles. The molecular weight excluding hydrogens is 268 g/mol. The number of nitriles is 1. The highest BCUT2D eigenvalue weighted by molar-refractivity contribution is 6.05. The van der Waals surface area contributed by atoms with E-state index in [0.717, 1.165) is 5.39 Å². The van der Waals surface area contributed by atoms with Gasteiger partial charge in [0, 0.05) is 5.39 Å². The highest BCUT2D eigenvalue weighted by atomic mass is 16.6. The summed E-state index contributed by atoms with van der Waals surface area (Å²) in [4.78, 5) is 24.4. The van der Waals surface area contributed by atoms with Crippen molar-refractivity contribution in [1.29, 1.82) is 5.26 Å². The molecule has 5 heteroatoms. The summed E-state index contributed by atoms with van der Waals surface area (Å²) in [5.41, 5.74) is 0.0953. The Labute approximate surface area is 122 Å². The number of ketones is 1. The van der Waals surface area contributed by atoms with Crippen LogP contribution >= 0.6 is 0 Å². The minimum absolute atomic E-state index is 0.173. The highest BCUT2D eigenvalue weighted by Gasteiger charge is 2.24. The zero-order valence-corrected chi connectivity index (χ0v) is 12.2. The van der Waals surface area contributed by atoms with Gasteiger partial charge in [-0.2, -0.15) is 5.26 Å². The number of hydrogen-bond donors (Lipinski definition) is 0. The van der Waals surface area contributed by atoms with Crippen LogP contribution in [0.3, 0.4) is 0 Å². The fourth-order valence-corrected chi connectivity index (χ4v) is 2.03. The van der Waals surface area contributed by atoms with Crippen molar-refractivity contribution in [2.45, 2.75) is 32.8 Å². The molecule has 0 N–H and O–H groups in total. The molecule has 108 valence electrons. The molecule has 1 aromatic heterocycles. The van der Waals surface area contributed by atoms with Crippen molar-refractivity contribution in [3.8, 4) is 6.07 Å². The maximum atomic E-state index is 12.4. The fourth-order valence-electron chi connectivity index (χ4n) is 2.03. The van der Waals surface area contributed by atoms with Gasteiger partial charge in [0.05, 0.1) is 17.3 Å². The summed E-state index contributed by atoms with van der Waals surface area (Å²) < 4.78 is 6.58. The number of carbonyl (C=O) groups is 2. The topological polar surface area (TPSA) is 72.1 Å². The van der Waals surface area contributed by atoms with Gasteiger partial charge in [-0.1, -0.05) is 18.2 Å². The molecule has 1 heterocycles. The van der Waals surface area contributed by atoms with Crippen molar-refractivity contribution in [3.05, 3.63) is 36.0 Å². The summed E-state index contributed by atoms with van der Waals surface area (Å²) in [5.74, 6) is -0.403. The van der Waals surface area contributed by atoms with Gasteiger partial charge >= 0.3 is 6.09 Å². The van der Waals surface area contributed by atoms with Gasteiger partial charge < -0.3 is 4.74 Å². The number of para-hydroxylation sites is 1.